The van der Waals surface area contributed by atoms with Gasteiger partial charge in [-0.15, -0.1) is 0 Å². The van der Waals surface area contributed by atoms with Gasteiger partial charge < -0.3 is 19.9 Å². The molecule has 0 aliphatic heterocycles. The van der Waals surface area contributed by atoms with Crippen molar-refractivity contribution in [3.8, 4) is 5.75 Å². The van der Waals surface area contributed by atoms with Crippen LogP contribution in [-0.4, -0.2) is 52.9 Å². The molecular formula is C20H26N2O6S. The van der Waals surface area contributed by atoms with Crippen molar-refractivity contribution in [1.29, 1.82) is 0 Å². The van der Waals surface area contributed by atoms with E-state index < -0.39 is 22.0 Å². The second-order valence-electron chi connectivity index (χ2n) is 6.52. The van der Waals surface area contributed by atoms with Crippen LogP contribution < -0.4 is 14.8 Å². The van der Waals surface area contributed by atoms with Crippen LogP contribution in [0.15, 0.2) is 47.4 Å². The Bertz CT molecular complexity index is 928. The molecule has 0 saturated carbocycles. The first-order valence-corrected chi connectivity index (χ1v) is 10.5. The summed E-state index contributed by atoms with van der Waals surface area (Å²) in [6, 6.07) is 11.1. The molecule has 0 saturated heterocycles. The first-order chi connectivity index (χ1) is 13.8. The predicted octanol–water partition coefficient (Wildman–Crippen LogP) is 2.36. The summed E-state index contributed by atoms with van der Waals surface area (Å²) < 4.78 is 38.2. The van der Waals surface area contributed by atoms with Crippen LogP contribution in [0.25, 0.3) is 0 Å². The Hall–Kier alpha value is -2.62. The molecule has 9 heteroatoms. The fourth-order valence-corrected chi connectivity index (χ4v) is 4.21. The fourth-order valence-electron chi connectivity index (χ4n) is 2.77. The van der Waals surface area contributed by atoms with Gasteiger partial charge in [0.05, 0.1) is 25.0 Å². The van der Waals surface area contributed by atoms with Gasteiger partial charge in [0.25, 0.3) is 0 Å². The average molecular weight is 423 g/mol. The van der Waals surface area contributed by atoms with Gasteiger partial charge in [0, 0.05) is 19.7 Å². The molecule has 0 radical (unpaired) electrons. The Morgan fingerprint density at radius 3 is 2.41 bits per heavy atom. The number of benzene rings is 2. The van der Waals surface area contributed by atoms with Gasteiger partial charge in [-0.2, -0.15) is 0 Å². The van der Waals surface area contributed by atoms with E-state index in [9.17, 15) is 18.3 Å². The van der Waals surface area contributed by atoms with E-state index in [2.05, 4.69) is 10.0 Å². The van der Waals surface area contributed by atoms with Gasteiger partial charge in [-0.3, -0.25) is 0 Å². The van der Waals surface area contributed by atoms with Gasteiger partial charge in [-0.05, 0) is 49.2 Å². The van der Waals surface area contributed by atoms with E-state index in [0.717, 1.165) is 17.4 Å². The van der Waals surface area contributed by atoms with Gasteiger partial charge in [0.1, 0.15) is 10.6 Å². The monoisotopic (exact) mass is 422 g/mol. The third-order valence-corrected chi connectivity index (χ3v) is 5.81. The minimum atomic E-state index is -3.94. The van der Waals surface area contributed by atoms with Crippen LogP contribution in [0, 0.1) is 0 Å². The lowest BCUT2D eigenvalue weighted by atomic mass is 10.1. The Morgan fingerprint density at radius 1 is 1.14 bits per heavy atom. The molecule has 0 spiro atoms. The second-order valence-corrected chi connectivity index (χ2v) is 8.20. The number of hydrogen-bond donors (Lipinski definition) is 3. The number of rotatable bonds is 11. The third-order valence-electron chi connectivity index (χ3n) is 4.18. The van der Waals surface area contributed by atoms with Crippen molar-refractivity contribution in [3.63, 3.8) is 0 Å². The van der Waals surface area contributed by atoms with Crippen LogP contribution in [0.1, 0.15) is 22.8 Å². The quantitative estimate of drug-likeness (QED) is 0.509. The smallest absolute Gasteiger partial charge is 0.335 e. The summed E-state index contributed by atoms with van der Waals surface area (Å²) in [4.78, 5) is 11.2. The van der Waals surface area contributed by atoms with Crippen molar-refractivity contribution in [3.05, 3.63) is 53.6 Å². The fraction of sp³-hybridized carbons (Fsp3) is 0.350. The molecule has 0 aliphatic carbocycles. The molecule has 0 amide bonds. The summed E-state index contributed by atoms with van der Waals surface area (Å²) in [7, 11) is -0.873. The van der Waals surface area contributed by atoms with E-state index in [1.165, 1.54) is 19.2 Å². The van der Waals surface area contributed by atoms with E-state index in [1.54, 1.807) is 14.0 Å². The number of carboxylic acid groups (broad SMARTS) is 1. The van der Waals surface area contributed by atoms with E-state index >= 15 is 0 Å². The number of hydrogen-bond acceptors (Lipinski definition) is 6. The normalized spacial score (nSPS) is 12.4. The van der Waals surface area contributed by atoms with E-state index in [-0.39, 0.29) is 17.1 Å². The number of anilines is 1. The topological polar surface area (TPSA) is 114 Å². The number of aromatic carboxylic acids is 1. The highest BCUT2D eigenvalue weighted by atomic mass is 32.2. The summed E-state index contributed by atoms with van der Waals surface area (Å²) in [6.45, 7) is 2.33. The third kappa shape index (κ3) is 6.45. The van der Waals surface area contributed by atoms with Crippen LogP contribution >= 0.6 is 0 Å². The van der Waals surface area contributed by atoms with Crippen LogP contribution in [0.4, 0.5) is 5.69 Å². The molecule has 0 aromatic heterocycles. The summed E-state index contributed by atoms with van der Waals surface area (Å²) in [6.07, 6.45) is 0.650. The molecule has 0 fully saturated rings. The SMILES string of the molecule is COCC(C)NS(=O)(=O)c1cc(C(=O)O)ccc1NCCc1ccc(OC)cc1. The van der Waals surface area contributed by atoms with Crippen molar-refractivity contribution in [2.45, 2.75) is 24.3 Å². The Kier molecular flexibility index (Phi) is 8.00. The first-order valence-electron chi connectivity index (χ1n) is 9.02. The average Bonchev–Trinajstić information content (AvgIpc) is 2.68. The van der Waals surface area contributed by atoms with Crippen LogP contribution in [-0.2, 0) is 21.2 Å². The number of carboxylic acids is 1. The van der Waals surface area contributed by atoms with E-state index in [1.807, 2.05) is 24.3 Å². The van der Waals surface area contributed by atoms with Crippen molar-refractivity contribution in [1.82, 2.24) is 4.72 Å². The molecule has 0 bridgehead atoms. The van der Waals surface area contributed by atoms with Gasteiger partial charge in [0.2, 0.25) is 10.0 Å². The number of ether oxygens (including phenoxy) is 2. The lowest BCUT2D eigenvalue weighted by Crippen LogP contribution is -2.36. The van der Waals surface area contributed by atoms with E-state index in [0.29, 0.717) is 18.7 Å². The zero-order chi connectivity index (χ0) is 21.4. The lowest BCUT2D eigenvalue weighted by Gasteiger charge is -2.17. The molecule has 8 nitrogen and oxygen atoms in total. The summed E-state index contributed by atoms with van der Waals surface area (Å²) >= 11 is 0. The van der Waals surface area contributed by atoms with E-state index in [4.69, 9.17) is 9.47 Å². The van der Waals surface area contributed by atoms with Gasteiger partial charge >= 0.3 is 5.97 Å². The molecule has 3 N–H and O–H groups in total. The van der Waals surface area contributed by atoms with Crippen molar-refractivity contribution >= 4 is 21.7 Å². The summed E-state index contributed by atoms with van der Waals surface area (Å²) in [5.41, 5.74) is 1.28. The maximum Gasteiger partial charge on any atom is 0.335 e. The highest BCUT2D eigenvalue weighted by molar-refractivity contribution is 7.89. The van der Waals surface area contributed by atoms with Crippen LogP contribution in [0.2, 0.25) is 0 Å². The zero-order valence-corrected chi connectivity index (χ0v) is 17.5. The molecule has 1 atom stereocenters. The number of sulfonamides is 1. The van der Waals surface area contributed by atoms with Crippen LogP contribution in [0.5, 0.6) is 5.75 Å². The number of nitrogens with one attached hydrogen (secondary N) is 2. The highest BCUT2D eigenvalue weighted by Crippen LogP contribution is 2.23. The zero-order valence-electron chi connectivity index (χ0n) is 16.6. The standard InChI is InChI=1S/C20H26N2O6S/c1-14(13-27-2)22-29(25,26)19-12-16(20(23)24)6-9-18(19)21-11-10-15-4-7-17(28-3)8-5-15/h4-9,12,14,21-22H,10-11,13H2,1-3H3,(H,23,24). The molecular weight excluding hydrogens is 396 g/mol. The molecule has 29 heavy (non-hydrogen) atoms. The Balaban J connectivity index is 2.20. The maximum atomic E-state index is 12.8. The lowest BCUT2D eigenvalue weighted by molar-refractivity contribution is 0.0696. The Labute approximate surface area is 170 Å². The predicted molar refractivity (Wildman–Crippen MR) is 110 cm³/mol. The molecule has 0 heterocycles. The minimum Gasteiger partial charge on any atom is -0.497 e. The van der Waals surface area contributed by atoms with Crippen molar-refractivity contribution < 1.29 is 27.8 Å². The molecule has 2 aromatic carbocycles. The molecule has 158 valence electrons. The second kappa shape index (κ2) is 10.2. The molecule has 2 aromatic rings. The van der Waals surface area contributed by atoms with Crippen molar-refractivity contribution in [2.75, 3.05) is 32.7 Å². The van der Waals surface area contributed by atoms with Crippen molar-refractivity contribution in [2.24, 2.45) is 0 Å². The molecule has 2 rings (SSSR count). The largest absolute Gasteiger partial charge is 0.497 e. The van der Waals surface area contributed by atoms with Gasteiger partial charge in [-0.1, -0.05) is 12.1 Å². The van der Waals surface area contributed by atoms with Gasteiger partial charge in [0.15, 0.2) is 0 Å². The maximum absolute atomic E-state index is 12.8. The van der Waals surface area contributed by atoms with Crippen LogP contribution in [0.3, 0.4) is 0 Å². The first kappa shape index (κ1) is 22.7. The summed E-state index contributed by atoms with van der Waals surface area (Å²) in [5, 5.41) is 12.3. The van der Waals surface area contributed by atoms with Gasteiger partial charge in [-0.25, -0.2) is 17.9 Å². The molecule has 1 unspecified atom stereocenters. The Morgan fingerprint density at radius 2 is 1.83 bits per heavy atom. The summed E-state index contributed by atoms with van der Waals surface area (Å²) in [5.74, 6) is -0.438. The highest BCUT2D eigenvalue weighted by Gasteiger charge is 2.22. The molecule has 0 aliphatic rings. The number of methoxy groups -OCH3 is 2. The minimum absolute atomic E-state index is 0.106. The number of carbonyl (C=O) groups is 1.